The molecule has 0 bridgehead atoms. The number of nitrogens with one attached hydrogen (secondary N) is 2. The summed E-state index contributed by atoms with van der Waals surface area (Å²) in [5, 5.41) is 15.5. The fourth-order valence-corrected chi connectivity index (χ4v) is 3.40. The smallest absolute Gasteiger partial charge is 0.315 e. The highest BCUT2D eigenvalue weighted by Crippen LogP contribution is 2.24. The van der Waals surface area contributed by atoms with Crippen molar-refractivity contribution in [2.75, 3.05) is 6.54 Å². The molecule has 0 radical (unpaired) electrons. The molecule has 0 heterocycles. The number of aliphatic hydroxyl groups excluding tert-OH is 1. The standard InChI is InChI=1S/C21H25FN2O2/c1-14(16-11-10-15-6-2-3-7-17(15)12-16)24-21(26)23-13-20(25)18-8-4-5-9-19(18)22/h4-5,8-12,14,20,25H,2-3,6-7,13H2,1H3,(H2,23,24,26)/t14-,20+/m0/s1. The maximum Gasteiger partial charge on any atom is 0.315 e. The molecule has 0 saturated carbocycles. The Labute approximate surface area is 153 Å². The van der Waals surface area contributed by atoms with Crippen molar-refractivity contribution in [3.63, 3.8) is 0 Å². The van der Waals surface area contributed by atoms with Crippen LogP contribution < -0.4 is 10.6 Å². The summed E-state index contributed by atoms with van der Waals surface area (Å²) in [5.74, 6) is -0.482. The van der Waals surface area contributed by atoms with Crippen molar-refractivity contribution in [3.8, 4) is 0 Å². The van der Waals surface area contributed by atoms with E-state index < -0.39 is 11.9 Å². The third-order valence-electron chi connectivity index (χ3n) is 4.94. The van der Waals surface area contributed by atoms with Gasteiger partial charge in [-0.15, -0.1) is 0 Å². The zero-order valence-corrected chi connectivity index (χ0v) is 15.0. The molecule has 2 aromatic carbocycles. The van der Waals surface area contributed by atoms with E-state index in [0.29, 0.717) is 0 Å². The fraction of sp³-hybridized carbons (Fsp3) is 0.381. The Kier molecular flexibility index (Phi) is 5.89. The molecule has 0 unspecified atom stereocenters. The average molecular weight is 356 g/mol. The van der Waals surface area contributed by atoms with Crippen molar-refractivity contribution in [2.24, 2.45) is 0 Å². The van der Waals surface area contributed by atoms with Gasteiger partial charge in [0.25, 0.3) is 0 Å². The maximum absolute atomic E-state index is 13.6. The summed E-state index contributed by atoms with van der Waals surface area (Å²) >= 11 is 0. The van der Waals surface area contributed by atoms with Crippen LogP contribution in [-0.4, -0.2) is 17.7 Å². The third-order valence-corrected chi connectivity index (χ3v) is 4.94. The Morgan fingerprint density at radius 1 is 1.15 bits per heavy atom. The number of aliphatic hydroxyl groups is 1. The maximum atomic E-state index is 13.6. The quantitative estimate of drug-likeness (QED) is 0.763. The van der Waals surface area contributed by atoms with Crippen molar-refractivity contribution in [3.05, 3.63) is 70.5 Å². The summed E-state index contributed by atoms with van der Waals surface area (Å²) in [7, 11) is 0. The van der Waals surface area contributed by atoms with Crippen LogP contribution in [-0.2, 0) is 12.8 Å². The number of rotatable bonds is 5. The zero-order valence-electron chi connectivity index (χ0n) is 15.0. The van der Waals surface area contributed by atoms with Gasteiger partial charge in [0.15, 0.2) is 0 Å². The van der Waals surface area contributed by atoms with E-state index in [4.69, 9.17) is 0 Å². The van der Waals surface area contributed by atoms with Gasteiger partial charge in [0.2, 0.25) is 0 Å². The second-order valence-electron chi connectivity index (χ2n) is 6.85. The second-order valence-corrected chi connectivity index (χ2v) is 6.85. The molecule has 0 spiro atoms. The first-order valence-corrected chi connectivity index (χ1v) is 9.13. The van der Waals surface area contributed by atoms with Crippen molar-refractivity contribution in [1.82, 2.24) is 10.6 Å². The number of carbonyl (C=O) groups excluding carboxylic acids is 1. The van der Waals surface area contributed by atoms with Crippen LogP contribution in [0.5, 0.6) is 0 Å². The van der Waals surface area contributed by atoms with E-state index in [0.717, 1.165) is 18.4 Å². The Morgan fingerprint density at radius 2 is 1.88 bits per heavy atom. The lowest BCUT2D eigenvalue weighted by atomic mass is 9.89. The van der Waals surface area contributed by atoms with Gasteiger partial charge < -0.3 is 15.7 Å². The minimum absolute atomic E-state index is 0.0519. The molecular formula is C21H25FN2O2. The van der Waals surface area contributed by atoms with Gasteiger partial charge in [-0.05, 0) is 55.4 Å². The lowest BCUT2D eigenvalue weighted by molar-refractivity contribution is 0.168. The van der Waals surface area contributed by atoms with Crippen LogP contribution in [0.25, 0.3) is 0 Å². The number of aryl methyl sites for hydroxylation is 2. The molecule has 0 aromatic heterocycles. The van der Waals surface area contributed by atoms with Crippen LogP contribution in [0.3, 0.4) is 0 Å². The van der Waals surface area contributed by atoms with E-state index in [1.54, 1.807) is 12.1 Å². The number of benzene rings is 2. The number of urea groups is 1. The highest BCUT2D eigenvalue weighted by atomic mass is 19.1. The summed E-state index contributed by atoms with van der Waals surface area (Å²) in [4.78, 5) is 12.1. The molecule has 2 amide bonds. The SMILES string of the molecule is C[C@H](NC(=O)NC[C@@H](O)c1ccccc1F)c1ccc2c(c1)CCCC2. The molecule has 2 atom stereocenters. The van der Waals surface area contributed by atoms with E-state index in [1.807, 2.05) is 6.92 Å². The van der Waals surface area contributed by atoms with Crippen molar-refractivity contribution < 1.29 is 14.3 Å². The molecule has 5 heteroatoms. The molecule has 0 fully saturated rings. The molecule has 26 heavy (non-hydrogen) atoms. The first-order valence-electron chi connectivity index (χ1n) is 9.13. The number of halogens is 1. The Morgan fingerprint density at radius 3 is 2.65 bits per heavy atom. The third kappa shape index (κ3) is 4.41. The van der Waals surface area contributed by atoms with Gasteiger partial charge in [-0.1, -0.05) is 36.4 Å². The van der Waals surface area contributed by atoms with Gasteiger partial charge >= 0.3 is 6.03 Å². The van der Waals surface area contributed by atoms with Crippen LogP contribution in [0.15, 0.2) is 42.5 Å². The molecule has 138 valence electrons. The summed E-state index contributed by atoms with van der Waals surface area (Å²) in [6.45, 7) is 1.88. The van der Waals surface area contributed by atoms with E-state index in [9.17, 15) is 14.3 Å². The number of carbonyl (C=O) groups is 1. The van der Waals surface area contributed by atoms with Crippen LogP contribution in [0, 0.1) is 5.82 Å². The van der Waals surface area contributed by atoms with Gasteiger partial charge in [0.05, 0.1) is 12.1 Å². The Bertz CT molecular complexity index is 778. The van der Waals surface area contributed by atoms with Crippen molar-refractivity contribution in [2.45, 2.75) is 44.8 Å². The number of hydrogen-bond acceptors (Lipinski definition) is 2. The average Bonchev–Trinajstić information content (AvgIpc) is 2.66. The first-order chi connectivity index (χ1) is 12.5. The predicted octanol–water partition coefficient (Wildman–Crippen LogP) is 3.80. The number of amides is 2. The summed E-state index contributed by atoms with van der Waals surface area (Å²) in [6, 6.07) is 11.9. The molecule has 0 aliphatic heterocycles. The van der Waals surface area contributed by atoms with Gasteiger partial charge in [-0.3, -0.25) is 0 Å². The highest BCUT2D eigenvalue weighted by Gasteiger charge is 2.16. The minimum Gasteiger partial charge on any atom is -0.386 e. The van der Waals surface area contributed by atoms with Gasteiger partial charge in [-0.2, -0.15) is 0 Å². The zero-order chi connectivity index (χ0) is 18.5. The summed E-state index contributed by atoms with van der Waals surface area (Å²) < 4.78 is 13.6. The van der Waals surface area contributed by atoms with Crippen LogP contribution >= 0.6 is 0 Å². The first kappa shape index (κ1) is 18.4. The van der Waals surface area contributed by atoms with Crippen molar-refractivity contribution in [1.29, 1.82) is 0 Å². The monoisotopic (exact) mass is 356 g/mol. The van der Waals surface area contributed by atoms with E-state index in [-0.39, 0.29) is 24.2 Å². The molecule has 2 aromatic rings. The predicted molar refractivity (Wildman–Crippen MR) is 99.4 cm³/mol. The Balaban J connectivity index is 1.54. The second kappa shape index (κ2) is 8.32. The topological polar surface area (TPSA) is 61.4 Å². The molecule has 1 aliphatic rings. The number of hydrogen-bond donors (Lipinski definition) is 3. The van der Waals surface area contributed by atoms with Crippen molar-refractivity contribution >= 4 is 6.03 Å². The van der Waals surface area contributed by atoms with E-state index in [1.165, 1.54) is 36.1 Å². The van der Waals surface area contributed by atoms with Crippen LogP contribution in [0.2, 0.25) is 0 Å². The van der Waals surface area contributed by atoms with E-state index >= 15 is 0 Å². The minimum atomic E-state index is -1.08. The molecular weight excluding hydrogens is 331 g/mol. The summed E-state index contributed by atoms with van der Waals surface area (Å²) in [6.07, 6.45) is 3.60. The highest BCUT2D eigenvalue weighted by molar-refractivity contribution is 5.74. The van der Waals surface area contributed by atoms with Gasteiger partial charge in [0.1, 0.15) is 5.82 Å². The van der Waals surface area contributed by atoms with Crippen LogP contribution in [0.1, 0.15) is 54.2 Å². The van der Waals surface area contributed by atoms with Gasteiger partial charge in [0, 0.05) is 12.1 Å². The molecule has 0 saturated heterocycles. The fourth-order valence-electron chi connectivity index (χ4n) is 3.40. The normalized spacial score (nSPS) is 15.7. The Hall–Kier alpha value is -2.40. The number of fused-ring (bicyclic) bond motifs is 1. The largest absolute Gasteiger partial charge is 0.386 e. The van der Waals surface area contributed by atoms with Crippen LogP contribution in [0.4, 0.5) is 9.18 Å². The summed E-state index contributed by atoms with van der Waals surface area (Å²) in [5.41, 5.74) is 4.02. The molecule has 4 nitrogen and oxygen atoms in total. The molecule has 3 N–H and O–H groups in total. The lowest BCUT2D eigenvalue weighted by Crippen LogP contribution is -2.39. The molecule has 3 rings (SSSR count). The lowest BCUT2D eigenvalue weighted by Gasteiger charge is -2.20. The van der Waals surface area contributed by atoms with Gasteiger partial charge in [-0.25, -0.2) is 9.18 Å². The molecule has 1 aliphatic carbocycles. The van der Waals surface area contributed by atoms with E-state index in [2.05, 4.69) is 28.8 Å².